The average Bonchev–Trinajstić information content (AvgIpc) is 2.59. The van der Waals surface area contributed by atoms with Crippen LogP contribution in [-0.2, 0) is 4.74 Å². The molecule has 0 aromatic heterocycles. The second kappa shape index (κ2) is 10.2. The van der Waals surface area contributed by atoms with E-state index >= 15 is 0 Å². The van der Waals surface area contributed by atoms with Gasteiger partial charge in [0.05, 0.1) is 5.60 Å². The molecule has 4 heteroatoms. The Morgan fingerprint density at radius 2 is 1.56 bits per heavy atom. The molecule has 2 heterocycles. The van der Waals surface area contributed by atoms with E-state index in [0.29, 0.717) is 11.5 Å². The number of hydrogen-bond donors (Lipinski definition) is 1. The molecule has 4 nitrogen and oxygen atoms in total. The number of hydrogen-bond acceptors (Lipinski definition) is 4. The van der Waals surface area contributed by atoms with Gasteiger partial charge in [-0.15, -0.1) is 0 Å². The van der Waals surface area contributed by atoms with Crippen molar-refractivity contribution < 1.29 is 4.74 Å². The summed E-state index contributed by atoms with van der Waals surface area (Å²) in [4.78, 5) is 5.07. The normalized spacial score (nSPS) is 21.9. The highest BCUT2D eigenvalue weighted by molar-refractivity contribution is 4.90. The first kappa shape index (κ1) is 22.5. The quantitative estimate of drug-likeness (QED) is 0.660. The maximum atomic E-state index is 5.82. The number of nitrogens with zero attached hydrogens (tertiary/aromatic N) is 2. The lowest BCUT2D eigenvalue weighted by molar-refractivity contribution is -0.00756. The third-order valence-corrected chi connectivity index (χ3v) is 6.11. The minimum absolute atomic E-state index is 0.00867. The Bertz CT molecular complexity index is 434. The Labute approximate surface area is 168 Å². The van der Waals surface area contributed by atoms with Crippen LogP contribution in [0.2, 0.25) is 0 Å². The number of piperidine rings is 2. The fourth-order valence-corrected chi connectivity index (χ4v) is 4.19. The van der Waals surface area contributed by atoms with Crippen molar-refractivity contribution >= 4 is 0 Å². The second-order valence-electron chi connectivity index (χ2n) is 10.6. The predicted molar refractivity (Wildman–Crippen MR) is 116 cm³/mol. The molecule has 2 fully saturated rings. The summed E-state index contributed by atoms with van der Waals surface area (Å²) >= 11 is 0. The van der Waals surface area contributed by atoms with Gasteiger partial charge in [-0.1, -0.05) is 20.8 Å². The maximum absolute atomic E-state index is 5.82. The van der Waals surface area contributed by atoms with Gasteiger partial charge in [-0.3, -0.25) is 0 Å². The summed E-state index contributed by atoms with van der Waals surface area (Å²) in [6.45, 7) is 20.4. The number of rotatable bonds is 7. The molecule has 158 valence electrons. The molecule has 27 heavy (non-hydrogen) atoms. The Morgan fingerprint density at radius 1 is 0.926 bits per heavy atom. The van der Waals surface area contributed by atoms with Gasteiger partial charge in [-0.05, 0) is 64.2 Å². The van der Waals surface area contributed by atoms with Crippen molar-refractivity contribution in [2.24, 2.45) is 11.3 Å². The molecule has 1 N–H and O–H groups in total. The SMILES string of the molecule is CC(C)(C)OCCCN1CCC(N/C=C/N2CCC(C(C)(C)C)CC2)CC1. The van der Waals surface area contributed by atoms with E-state index in [9.17, 15) is 0 Å². The van der Waals surface area contributed by atoms with Crippen molar-refractivity contribution in [1.82, 2.24) is 15.1 Å². The van der Waals surface area contributed by atoms with Crippen LogP contribution in [0.1, 0.15) is 73.6 Å². The van der Waals surface area contributed by atoms with E-state index in [-0.39, 0.29) is 5.60 Å². The minimum Gasteiger partial charge on any atom is -0.387 e. The van der Waals surface area contributed by atoms with Crippen LogP contribution in [0.15, 0.2) is 12.4 Å². The molecule has 0 bridgehead atoms. The van der Waals surface area contributed by atoms with Crippen LogP contribution in [0.25, 0.3) is 0 Å². The van der Waals surface area contributed by atoms with Crippen LogP contribution in [0.5, 0.6) is 0 Å². The first-order valence-electron chi connectivity index (χ1n) is 11.2. The van der Waals surface area contributed by atoms with Gasteiger partial charge in [0, 0.05) is 57.8 Å². The fourth-order valence-electron chi connectivity index (χ4n) is 4.19. The van der Waals surface area contributed by atoms with Gasteiger partial charge >= 0.3 is 0 Å². The molecule has 2 aliphatic rings. The highest BCUT2D eigenvalue weighted by atomic mass is 16.5. The summed E-state index contributed by atoms with van der Waals surface area (Å²) in [7, 11) is 0. The van der Waals surface area contributed by atoms with Crippen LogP contribution in [0.4, 0.5) is 0 Å². The average molecular weight is 380 g/mol. The van der Waals surface area contributed by atoms with Crippen LogP contribution in [-0.4, -0.2) is 60.8 Å². The second-order valence-corrected chi connectivity index (χ2v) is 10.6. The lowest BCUT2D eigenvalue weighted by Gasteiger charge is -2.38. The van der Waals surface area contributed by atoms with Gasteiger partial charge in [-0.25, -0.2) is 0 Å². The van der Waals surface area contributed by atoms with Crippen LogP contribution in [0.3, 0.4) is 0 Å². The molecule has 0 amide bonds. The Kier molecular flexibility index (Phi) is 8.48. The van der Waals surface area contributed by atoms with E-state index < -0.39 is 0 Å². The summed E-state index contributed by atoms with van der Waals surface area (Å²) in [6.07, 6.45) is 10.8. The topological polar surface area (TPSA) is 27.7 Å². The smallest absolute Gasteiger partial charge is 0.0598 e. The predicted octanol–water partition coefficient (Wildman–Crippen LogP) is 4.47. The molecule has 0 aromatic carbocycles. The Hall–Kier alpha value is -0.740. The molecule has 0 aromatic rings. The van der Waals surface area contributed by atoms with Crippen molar-refractivity contribution in [3.05, 3.63) is 12.4 Å². The van der Waals surface area contributed by atoms with E-state index in [1.807, 2.05) is 0 Å². The summed E-state index contributed by atoms with van der Waals surface area (Å²) in [6, 6.07) is 0.635. The van der Waals surface area contributed by atoms with Gasteiger partial charge in [0.15, 0.2) is 0 Å². The fraction of sp³-hybridized carbons (Fsp3) is 0.913. The summed E-state index contributed by atoms with van der Waals surface area (Å²) in [5, 5.41) is 3.64. The molecule has 0 aliphatic carbocycles. The van der Waals surface area contributed by atoms with Crippen LogP contribution < -0.4 is 5.32 Å². The summed E-state index contributed by atoms with van der Waals surface area (Å²) in [5.74, 6) is 0.869. The lowest BCUT2D eigenvalue weighted by atomic mass is 9.75. The van der Waals surface area contributed by atoms with Crippen molar-refractivity contribution in [1.29, 1.82) is 0 Å². The lowest BCUT2D eigenvalue weighted by Crippen LogP contribution is -2.41. The standard InChI is InChI=1S/C23H45N3O/c1-22(2,3)20-8-14-26(15-9-20)18-12-24-21-10-16-25(17-11-21)13-7-19-27-23(4,5)6/h12,18,20-21,24H,7-11,13-17,19H2,1-6H3/b18-12+. The van der Waals surface area contributed by atoms with E-state index in [1.165, 1.54) is 58.4 Å². The van der Waals surface area contributed by atoms with E-state index in [4.69, 9.17) is 4.74 Å². The number of likely N-dealkylation sites (tertiary alicyclic amines) is 2. The van der Waals surface area contributed by atoms with Crippen LogP contribution >= 0.6 is 0 Å². The Balaban J connectivity index is 1.55. The van der Waals surface area contributed by atoms with Crippen molar-refractivity contribution in [3.63, 3.8) is 0 Å². The molecule has 0 unspecified atom stereocenters. The molecule has 0 spiro atoms. The van der Waals surface area contributed by atoms with Crippen LogP contribution in [0, 0.1) is 11.3 Å². The zero-order valence-corrected chi connectivity index (χ0v) is 18.9. The first-order valence-corrected chi connectivity index (χ1v) is 11.2. The summed E-state index contributed by atoms with van der Waals surface area (Å²) in [5.41, 5.74) is 0.451. The van der Waals surface area contributed by atoms with Crippen molar-refractivity contribution in [2.75, 3.05) is 39.3 Å². The monoisotopic (exact) mass is 379 g/mol. The molecular weight excluding hydrogens is 334 g/mol. The molecule has 0 atom stereocenters. The van der Waals surface area contributed by atoms with Gasteiger partial charge in [-0.2, -0.15) is 0 Å². The minimum atomic E-state index is -0.00867. The number of ether oxygens (including phenoxy) is 1. The Morgan fingerprint density at radius 3 is 2.11 bits per heavy atom. The molecule has 2 rings (SSSR count). The van der Waals surface area contributed by atoms with E-state index in [0.717, 1.165) is 18.9 Å². The van der Waals surface area contributed by atoms with Gasteiger partial charge in [0.1, 0.15) is 0 Å². The molecule has 2 aliphatic heterocycles. The summed E-state index contributed by atoms with van der Waals surface area (Å²) < 4.78 is 5.82. The number of nitrogens with one attached hydrogen (secondary N) is 1. The molecule has 2 saturated heterocycles. The van der Waals surface area contributed by atoms with E-state index in [1.54, 1.807) is 0 Å². The maximum Gasteiger partial charge on any atom is 0.0598 e. The van der Waals surface area contributed by atoms with Gasteiger partial charge < -0.3 is 19.9 Å². The third kappa shape index (κ3) is 8.87. The largest absolute Gasteiger partial charge is 0.387 e. The highest BCUT2D eigenvalue weighted by Gasteiger charge is 2.27. The van der Waals surface area contributed by atoms with Crippen molar-refractivity contribution in [2.45, 2.75) is 85.3 Å². The third-order valence-electron chi connectivity index (χ3n) is 6.11. The highest BCUT2D eigenvalue weighted by Crippen LogP contribution is 2.34. The van der Waals surface area contributed by atoms with E-state index in [2.05, 4.69) is 69.1 Å². The first-order chi connectivity index (χ1) is 12.6. The van der Waals surface area contributed by atoms with Crippen molar-refractivity contribution in [3.8, 4) is 0 Å². The molecular formula is C23H45N3O. The van der Waals surface area contributed by atoms with Gasteiger partial charge in [0.25, 0.3) is 0 Å². The molecule has 0 saturated carbocycles. The zero-order valence-electron chi connectivity index (χ0n) is 18.9. The molecule has 0 radical (unpaired) electrons. The van der Waals surface area contributed by atoms with Gasteiger partial charge in [0.2, 0.25) is 0 Å². The zero-order chi connectivity index (χ0) is 19.9.